The van der Waals surface area contributed by atoms with E-state index in [1.165, 1.54) is 18.5 Å². The Bertz CT molecular complexity index is 310. The van der Waals surface area contributed by atoms with Crippen molar-refractivity contribution in [3.8, 4) is 0 Å². The van der Waals surface area contributed by atoms with Crippen LogP contribution in [0.15, 0.2) is 12.3 Å². The van der Waals surface area contributed by atoms with Gasteiger partial charge in [-0.25, -0.2) is 0 Å². The molecular formula is C11H19N3. The van der Waals surface area contributed by atoms with Crippen molar-refractivity contribution in [2.24, 2.45) is 13.0 Å². The number of hydrogen-bond acceptors (Lipinski definition) is 2. The summed E-state index contributed by atoms with van der Waals surface area (Å²) in [6, 6.07) is 2.07. The smallest absolute Gasteiger partial charge is 0.0518 e. The zero-order valence-electron chi connectivity index (χ0n) is 9.25. The predicted molar refractivity (Wildman–Crippen MR) is 56.9 cm³/mol. The van der Waals surface area contributed by atoms with Gasteiger partial charge in [-0.15, -0.1) is 0 Å². The summed E-state index contributed by atoms with van der Waals surface area (Å²) in [4.78, 5) is 0. The number of nitrogens with one attached hydrogen (secondary N) is 1. The maximum atomic E-state index is 4.15. The molecule has 0 atom stereocenters. The number of aryl methyl sites for hydroxylation is 1. The zero-order chi connectivity index (χ0) is 10.2. The van der Waals surface area contributed by atoms with Crippen LogP contribution in [-0.4, -0.2) is 15.3 Å². The molecule has 1 heterocycles. The van der Waals surface area contributed by atoms with Gasteiger partial charge in [0.15, 0.2) is 0 Å². The fraction of sp³-hybridized carbons (Fsp3) is 0.727. The van der Waals surface area contributed by atoms with Gasteiger partial charge in [0.1, 0.15) is 0 Å². The first-order valence-corrected chi connectivity index (χ1v) is 5.31. The van der Waals surface area contributed by atoms with Crippen LogP contribution < -0.4 is 5.32 Å². The molecule has 1 fully saturated rings. The zero-order valence-corrected chi connectivity index (χ0v) is 9.25. The van der Waals surface area contributed by atoms with Crippen LogP contribution in [0.3, 0.4) is 0 Å². The van der Waals surface area contributed by atoms with Crippen molar-refractivity contribution in [2.45, 2.75) is 38.8 Å². The normalized spacial score (nSPS) is 17.4. The van der Waals surface area contributed by atoms with Crippen LogP contribution >= 0.6 is 0 Å². The maximum Gasteiger partial charge on any atom is 0.0518 e. The Labute approximate surface area is 85.5 Å². The second-order valence-electron chi connectivity index (χ2n) is 4.80. The van der Waals surface area contributed by atoms with Crippen molar-refractivity contribution in [3.63, 3.8) is 0 Å². The molecule has 0 aliphatic heterocycles. The van der Waals surface area contributed by atoms with Crippen LogP contribution in [0.25, 0.3) is 0 Å². The summed E-state index contributed by atoms with van der Waals surface area (Å²) in [6.07, 6.45) is 4.61. The van der Waals surface area contributed by atoms with E-state index in [0.29, 0.717) is 0 Å². The molecular weight excluding hydrogens is 174 g/mol. The van der Waals surface area contributed by atoms with E-state index in [1.54, 1.807) is 0 Å². The molecule has 1 aliphatic rings. The molecule has 2 rings (SSSR count). The molecule has 1 aromatic heterocycles. The average Bonchev–Trinajstić information content (AvgIpc) is 2.89. The van der Waals surface area contributed by atoms with Gasteiger partial charge in [-0.05, 0) is 38.7 Å². The number of aromatic nitrogens is 2. The summed E-state index contributed by atoms with van der Waals surface area (Å²) < 4.78 is 1.93. The minimum absolute atomic E-state index is 0.282. The second kappa shape index (κ2) is 3.39. The van der Waals surface area contributed by atoms with Gasteiger partial charge in [0.2, 0.25) is 0 Å². The molecule has 3 heteroatoms. The highest BCUT2D eigenvalue weighted by atomic mass is 15.3. The first kappa shape index (κ1) is 9.71. The van der Waals surface area contributed by atoms with E-state index < -0.39 is 0 Å². The largest absolute Gasteiger partial charge is 0.306 e. The lowest BCUT2D eigenvalue weighted by atomic mass is 9.99. The van der Waals surface area contributed by atoms with Crippen LogP contribution in [0.1, 0.15) is 32.4 Å². The van der Waals surface area contributed by atoms with Crippen LogP contribution in [0, 0.1) is 5.92 Å². The van der Waals surface area contributed by atoms with Crippen molar-refractivity contribution < 1.29 is 0 Å². The Morgan fingerprint density at radius 2 is 2.29 bits per heavy atom. The Kier molecular flexibility index (Phi) is 2.35. The van der Waals surface area contributed by atoms with E-state index in [4.69, 9.17) is 0 Å². The molecule has 0 aromatic carbocycles. The quantitative estimate of drug-likeness (QED) is 0.788. The van der Waals surface area contributed by atoms with Crippen molar-refractivity contribution in [3.05, 3.63) is 18.0 Å². The fourth-order valence-electron chi connectivity index (χ4n) is 1.84. The first-order valence-electron chi connectivity index (χ1n) is 5.31. The number of nitrogens with zero attached hydrogens (tertiary/aromatic N) is 2. The summed E-state index contributed by atoms with van der Waals surface area (Å²) >= 11 is 0. The summed E-state index contributed by atoms with van der Waals surface area (Å²) in [7, 11) is 1.99. The number of hydrogen-bond donors (Lipinski definition) is 1. The average molecular weight is 193 g/mol. The Hall–Kier alpha value is -0.830. The summed E-state index contributed by atoms with van der Waals surface area (Å²) in [5.41, 5.74) is 1.53. The molecule has 0 radical (unpaired) electrons. The third-order valence-electron chi connectivity index (χ3n) is 3.25. The minimum Gasteiger partial charge on any atom is -0.306 e. The third kappa shape index (κ3) is 1.98. The predicted octanol–water partition coefficient (Wildman–Crippen LogP) is 1.70. The molecule has 78 valence electrons. The van der Waals surface area contributed by atoms with Gasteiger partial charge in [-0.3, -0.25) is 4.68 Å². The molecule has 0 unspecified atom stereocenters. The summed E-state index contributed by atoms with van der Waals surface area (Å²) in [6.45, 7) is 5.50. The molecule has 14 heavy (non-hydrogen) atoms. The monoisotopic (exact) mass is 193 g/mol. The van der Waals surface area contributed by atoms with Gasteiger partial charge in [-0.1, -0.05) is 0 Å². The molecule has 1 N–H and O–H groups in total. The molecule has 1 aromatic rings. The first-order chi connectivity index (χ1) is 6.59. The van der Waals surface area contributed by atoms with E-state index in [0.717, 1.165) is 12.5 Å². The van der Waals surface area contributed by atoms with E-state index >= 15 is 0 Å². The molecule has 0 amide bonds. The highest BCUT2D eigenvalue weighted by molar-refractivity contribution is 5.02. The lowest BCUT2D eigenvalue weighted by molar-refractivity contribution is 0.335. The van der Waals surface area contributed by atoms with E-state index in [-0.39, 0.29) is 5.54 Å². The molecule has 3 nitrogen and oxygen atoms in total. The van der Waals surface area contributed by atoms with E-state index in [1.807, 2.05) is 17.9 Å². The van der Waals surface area contributed by atoms with Gasteiger partial charge in [0, 0.05) is 25.3 Å². The highest BCUT2D eigenvalue weighted by Crippen LogP contribution is 2.39. The lowest BCUT2D eigenvalue weighted by Gasteiger charge is -2.26. The van der Waals surface area contributed by atoms with Gasteiger partial charge in [0.25, 0.3) is 0 Å². The summed E-state index contributed by atoms with van der Waals surface area (Å²) in [5.74, 6) is 0.871. The van der Waals surface area contributed by atoms with Crippen molar-refractivity contribution >= 4 is 0 Å². The van der Waals surface area contributed by atoms with Crippen LogP contribution in [0.5, 0.6) is 0 Å². The van der Waals surface area contributed by atoms with Crippen molar-refractivity contribution in [1.29, 1.82) is 0 Å². The minimum atomic E-state index is 0.282. The Morgan fingerprint density at radius 1 is 1.57 bits per heavy atom. The second-order valence-corrected chi connectivity index (χ2v) is 4.80. The lowest BCUT2D eigenvalue weighted by Crippen LogP contribution is -2.41. The van der Waals surface area contributed by atoms with Gasteiger partial charge in [0.05, 0.1) is 5.69 Å². The SMILES string of the molecule is Cn1nccc1CNC(C)(C)C1CC1. The molecule has 1 aliphatic carbocycles. The van der Waals surface area contributed by atoms with Gasteiger partial charge in [-0.2, -0.15) is 5.10 Å². The topological polar surface area (TPSA) is 29.9 Å². The molecule has 0 saturated heterocycles. The Balaban J connectivity index is 1.90. The molecule has 0 bridgehead atoms. The van der Waals surface area contributed by atoms with Crippen LogP contribution in [0.4, 0.5) is 0 Å². The van der Waals surface area contributed by atoms with Gasteiger partial charge >= 0.3 is 0 Å². The van der Waals surface area contributed by atoms with E-state index in [2.05, 4.69) is 30.3 Å². The third-order valence-corrected chi connectivity index (χ3v) is 3.25. The number of rotatable bonds is 4. The maximum absolute atomic E-state index is 4.15. The molecule has 0 spiro atoms. The van der Waals surface area contributed by atoms with Crippen LogP contribution in [-0.2, 0) is 13.6 Å². The van der Waals surface area contributed by atoms with E-state index in [9.17, 15) is 0 Å². The molecule has 1 saturated carbocycles. The van der Waals surface area contributed by atoms with Crippen molar-refractivity contribution in [1.82, 2.24) is 15.1 Å². The van der Waals surface area contributed by atoms with Gasteiger partial charge < -0.3 is 5.32 Å². The highest BCUT2D eigenvalue weighted by Gasteiger charge is 2.37. The van der Waals surface area contributed by atoms with Crippen LogP contribution in [0.2, 0.25) is 0 Å². The van der Waals surface area contributed by atoms with Crippen molar-refractivity contribution in [2.75, 3.05) is 0 Å². The standard InChI is InChI=1S/C11H19N3/c1-11(2,9-4-5-9)12-8-10-6-7-13-14(10)3/h6-7,9,12H,4-5,8H2,1-3H3. The Morgan fingerprint density at radius 3 is 2.79 bits per heavy atom. The summed E-state index contributed by atoms with van der Waals surface area (Å²) in [5, 5.41) is 7.76. The fourth-order valence-corrected chi connectivity index (χ4v) is 1.84.